The summed E-state index contributed by atoms with van der Waals surface area (Å²) in [6.45, 7) is 7.38. The van der Waals surface area contributed by atoms with Crippen LogP contribution >= 0.6 is 22.6 Å². The van der Waals surface area contributed by atoms with Crippen LogP contribution in [0.2, 0.25) is 0 Å². The molecule has 2 atom stereocenters. The molecule has 2 fully saturated rings. The van der Waals surface area contributed by atoms with E-state index < -0.39 is 0 Å². The van der Waals surface area contributed by atoms with E-state index in [9.17, 15) is 0 Å². The second kappa shape index (κ2) is 4.03. The van der Waals surface area contributed by atoms with E-state index in [0.717, 1.165) is 6.04 Å². The van der Waals surface area contributed by atoms with Crippen molar-refractivity contribution < 1.29 is 0 Å². The molecule has 2 unspecified atom stereocenters. The molecule has 0 spiro atoms. The third-order valence-corrected chi connectivity index (χ3v) is 4.47. The van der Waals surface area contributed by atoms with Gasteiger partial charge in [0.2, 0.25) is 0 Å². The minimum absolute atomic E-state index is 0.551. The van der Waals surface area contributed by atoms with Gasteiger partial charge in [-0.2, -0.15) is 0 Å². The molecular formula is C10H19IN2. The number of nitrogens with zero attached hydrogens (tertiary/aromatic N) is 1. The Kier molecular flexibility index (Phi) is 3.15. The molecule has 0 amide bonds. The SMILES string of the molecule is CC1(I)CCC2CNCCN2CC1. The largest absolute Gasteiger partial charge is 0.314 e. The van der Waals surface area contributed by atoms with Crippen LogP contribution in [0, 0.1) is 0 Å². The van der Waals surface area contributed by atoms with Crippen molar-refractivity contribution >= 4 is 22.6 Å². The highest BCUT2D eigenvalue weighted by molar-refractivity contribution is 14.1. The van der Waals surface area contributed by atoms with E-state index in [-0.39, 0.29) is 0 Å². The first-order chi connectivity index (χ1) is 6.17. The van der Waals surface area contributed by atoms with Gasteiger partial charge in [-0.1, -0.05) is 29.5 Å². The maximum absolute atomic E-state index is 3.49. The molecule has 2 aliphatic rings. The lowest BCUT2D eigenvalue weighted by Gasteiger charge is -2.34. The molecule has 2 saturated heterocycles. The Morgan fingerprint density at radius 3 is 3.08 bits per heavy atom. The monoisotopic (exact) mass is 294 g/mol. The highest BCUT2D eigenvalue weighted by Crippen LogP contribution is 2.33. The summed E-state index contributed by atoms with van der Waals surface area (Å²) in [6.07, 6.45) is 4.13. The van der Waals surface area contributed by atoms with Crippen LogP contribution in [0.5, 0.6) is 0 Å². The first kappa shape index (κ1) is 10.2. The van der Waals surface area contributed by atoms with E-state index in [1.54, 1.807) is 0 Å². The fraction of sp³-hybridized carbons (Fsp3) is 1.00. The summed E-state index contributed by atoms with van der Waals surface area (Å²) >= 11 is 2.64. The smallest absolute Gasteiger partial charge is 0.0221 e. The fourth-order valence-corrected chi connectivity index (χ4v) is 2.90. The van der Waals surface area contributed by atoms with Crippen molar-refractivity contribution in [3.63, 3.8) is 0 Å². The van der Waals surface area contributed by atoms with Crippen molar-refractivity contribution in [3.05, 3.63) is 0 Å². The Balaban J connectivity index is 1.99. The predicted molar refractivity (Wildman–Crippen MR) is 64.5 cm³/mol. The van der Waals surface area contributed by atoms with Gasteiger partial charge in [-0.25, -0.2) is 0 Å². The third-order valence-electron chi connectivity index (χ3n) is 3.39. The van der Waals surface area contributed by atoms with Crippen molar-refractivity contribution in [1.29, 1.82) is 0 Å². The topological polar surface area (TPSA) is 15.3 Å². The quantitative estimate of drug-likeness (QED) is 0.540. The van der Waals surface area contributed by atoms with Gasteiger partial charge in [0.1, 0.15) is 0 Å². The molecule has 2 nitrogen and oxygen atoms in total. The van der Waals surface area contributed by atoms with Crippen LogP contribution < -0.4 is 5.32 Å². The van der Waals surface area contributed by atoms with Crippen LogP contribution in [0.25, 0.3) is 0 Å². The summed E-state index contributed by atoms with van der Waals surface area (Å²) in [5.74, 6) is 0. The summed E-state index contributed by atoms with van der Waals surface area (Å²) in [5, 5.41) is 3.49. The zero-order valence-electron chi connectivity index (χ0n) is 8.35. The van der Waals surface area contributed by atoms with Gasteiger partial charge in [0.05, 0.1) is 0 Å². The highest BCUT2D eigenvalue weighted by Gasteiger charge is 2.31. The highest BCUT2D eigenvalue weighted by atomic mass is 127. The van der Waals surface area contributed by atoms with Crippen LogP contribution in [0.15, 0.2) is 0 Å². The Labute approximate surface area is 94.6 Å². The van der Waals surface area contributed by atoms with Gasteiger partial charge in [0.25, 0.3) is 0 Å². The number of nitrogens with one attached hydrogen (secondary N) is 1. The Hall–Kier alpha value is 0.650. The molecule has 0 saturated carbocycles. The molecule has 0 aliphatic carbocycles. The average Bonchev–Trinajstić information content (AvgIpc) is 2.27. The minimum Gasteiger partial charge on any atom is -0.314 e. The molecule has 3 heteroatoms. The van der Waals surface area contributed by atoms with E-state index in [0.29, 0.717) is 3.42 Å². The molecule has 13 heavy (non-hydrogen) atoms. The lowest BCUT2D eigenvalue weighted by Crippen LogP contribution is -2.50. The summed E-state index contributed by atoms with van der Waals surface area (Å²) in [4.78, 5) is 2.68. The first-order valence-corrected chi connectivity index (χ1v) is 6.39. The third kappa shape index (κ3) is 2.57. The number of alkyl halides is 1. The molecular weight excluding hydrogens is 275 g/mol. The number of halogens is 1. The van der Waals surface area contributed by atoms with E-state index in [4.69, 9.17) is 0 Å². The maximum atomic E-state index is 3.49. The number of rotatable bonds is 0. The number of piperazine rings is 1. The normalized spacial score (nSPS) is 42.5. The van der Waals surface area contributed by atoms with Crippen LogP contribution in [-0.2, 0) is 0 Å². The van der Waals surface area contributed by atoms with Crippen LogP contribution in [0.4, 0.5) is 0 Å². The van der Waals surface area contributed by atoms with Crippen LogP contribution in [-0.4, -0.2) is 40.5 Å². The summed E-state index contributed by atoms with van der Waals surface area (Å²) in [6, 6.07) is 0.824. The van der Waals surface area contributed by atoms with Crippen LogP contribution in [0.1, 0.15) is 26.2 Å². The second-order valence-electron chi connectivity index (χ2n) is 4.60. The van der Waals surface area contributed by atoms with Gasteiger partial charge < -0.3 is 5.32 Å². The predicted octanol–water partition coefficient (Wildman–Crippen LogP) is 1.64. The van der Waals surface area contributed by atoms with Gasteiger partial charge in [-0.3, -0.25) is 4.90 Å². The fourth-order valence-electron chi connectivity index (χ4n) is 2.35. The molecule has 2 heterocycles. The van der Waals surface area contributed by atoms with Gasteiger partial charge in [-0.05, 0) is 25.8 Å². The second-order valence-corrected chi connectivity index (χ2v) is 7.20. The van der Waals surface area contributed by atoms with Gasteiger partial charge in [0.15, 0.2) is 0 Å². The van der Waals surface area contributed by atoms with E-state index in [2.05, 4.69) is 39.7 Å². The molecule has 0 aromatic carbocycles. The Morgan fingerprint density at radius 1 is 1.38 bits per heavy atom. The molecule has 0 aromatic rings. The molecule has 1 N–H and O–H groups in total. The first-order valence-electron chi connectivity index (χ1n) is 5.31. The number of hydrogen-bond donors (Lipinski definition) is 1. The number of hydrogen-bond acceptors (Lipinski definition) is 2. The lowest BCUT2D eigenvalue weighted by molar-refractivity contribution is 0.165. The van der Waals surface area contributed by atoms with E-state index in [1.807, 2.05) is 0 Å². The Bertz CT molecular complexity index is 164. The maximum Gasteiger partial charge on any atom is 0.0221 e. The summed E-state index contributed by atoms with van der Waals surface area (Å²) in [5.41, 5.74) is 0. The number of fused-ring (bicyclic) bond motifs is 1. The van der Waals surface area contributed by atoms with Crippen molar-refractivity contribution in [2.45, 2.75) is 35.6 Å². The van der Waals surface area contributed by atoms with E-state index >= 15 is 0 Å². The van der Waals surface area contributed by atoms with Gasteiger partial charge >= 0.3 is 0 Å². The van der Waals surface area contributed by atoms with Crippen molar-refractivity contribution in [2.75, 3.05) is 26.2 Å². The zero-order chi connectivity index (χ0) is 9.31. The van der Waals surface area contributed by atoms with Crippen LogP contribution in [0.3, 0.4) is 0 Å². The van der Waals surface area contributed by atoms with Crippen molar-refractivity contribution in [1.82, 2.24) is 10.2 Å². The molecule has 0 aromatic heterocycles. The summed E-state index contributed by atoms with van der Waals surface area (Å²) in [7, 11) is 0. The zero-order valence-corrected chi connectivity index (χ0v) is 10.5. The minimum atomic E-state index is 0.551. The Morgan fingerprint density at radius 2 is 2.23 bits per heavy atom. The van der Waals surface area contributed by atoms with E-state index in [1.165, 1.54) is 45.4 Å². The van der Waals surface area contributed by atoms with Crippen molar-refractivity contribution in [3.8, 4) is 0 Å². The molecule has 0 bridgehead atoms. The molecule has 0 radical (unpaired) electrons. The molecule has 2 rings (SSSR count). The standard InChI is InChI=1S/C10H19IN2/c1-10(11)3-2-9-8-12-5-7-13(9)6-4-10/h9,12H,2-8H2,1H3. The van der Waals surface area contributed by atoms with Crippen molar-refractivity contribution in [2.24, 2.45) is 0 Å². The van der Waals surface area contributed by atoms with Gasteiger partial charge in [0, 0.05) is 29.1 Å². The molecule has 2 aliphatic heterocycles. The van der Waals surface area contributed by atoms with Gasteiger partial charge in [-0.15, -0.1) is 0 Å². The molecule has 76 valence electrons. The summed E-state index contributed by atoms with van der Waals surface area (Å²) < 4.78 is 0.551. The average molecular weight is 294 g/mol. The lowest BCUT2D eigenvalue weighted by atomic mass is 10.0.